The summed E-state index contributed by atoms with van der Waals surface area (Å²) in [5.41, 5.74) is 3.10. The molecule has 1 N–H and O–H groups in total. The van der Waals surface area contributed by atoms with E-state index >= 15 is 0 Å². The average Bonchev–Trinajstić information content (AvgIpc) is 3.31. The quantitative estimate of drug-likeness (QED) is 0.903. The summed E-state index contributed by atoms with van der Waals surface area (Å²) in [7, 11) is 1.72. The van der Waals surface area contributed by atoms with Crippen LogP contribution >= 0.6 is 0 Å². The number of benzene rings is 1. The van der Waals surface area contributed by atoms with Crippen LogP contribution in [0.3, 0.4) is 0 Å². The van der Waals surface area contributed by atoms with Crippen LogP contribution in [0.2, 0.25) is 0 Å². The minimum atomic E-state index is 0.0821. The summed E-state index contributed by atoms with van der Waals surface area (Å²) < 4.78 is 5.35. The molecule has 1 aliphatic carbocycles. The van der Waals surface area contributed by atoms with Gasteiger partial charge in [0.1, 0.15) is 5.82 Å². The number of aromatic nitrogens is 2. The van der Waals surface area contributed by atoms with Crippen molar-refractivity contribution in [3.8, 4) is 11.3 Å². The molecule has 1 aromatic heterocycles. The first-order valence-electron chi connectivity index (χ1n) is 6.99. The number of hydrogen-bond acceptors (Lipinski definition) is 4. The van der Waals surface area contributed by atoms with Gasteiger partial charge in [-0.25, -0.2) is 0 Å². The van der Waals surface area contributed by atoms with Gasteiger partial charge in [0.2, 0.25) is 0 Å². The zero-order valence-electron chi connectivity index (χ0n) is 11.8. The highest BCUT2D eigenvalue weighted by Gasteiger charge is 2.21. The lowest BCUT2D eigenvalue weighted by atomic mass is 10.0. The van der Waals surface area contributed by atoms with Crippen LogP contribution < -0.4 is 5.32 Å². The van der Waals surface area contributed by atoms with Crippen molar-refractivity contribution in [1.82, 2.24) is 10.2 Å². The minimum absolute atomic E-state index is 0.0821. The predicted octanol–water partition coefficient (Wildman–Crippen LogP) is 3.43. The molecule has 0 aliphatic heterocycles. The summed E-state index contributed by atoms with van der Waals surface area (Å²) in [6, 6.07) is 12.8. The van der Waals surface area contributed by atoms with Crippen LogP contribution in [0.4, 0.5) is 5.82 Å². The lowest BCUT2D eigenvalue weighted by molar-refractivity contribution is 0.119. The van der Waals surface area contributed by atoms with Gasteiger partial charge in [-0.05, 0) is 43.5 Å². The van der Waals surface area contributed by atoms with E-state index in [0.29, 0.717) is 6.04 Å². The standard InChI is InChI=1S/C16H19N3O/c1-11(20-2)12-4-3-5-13(10-12)15-8-9-16(19-18-15)17-14-6-7-14/h3-5,8-11,14H,6-7H2,1-2H3,(H,17,19)/t11-/m0/s1. The second kappa shape index (κ2) is 5.59. The van der Waals surface area contributed by atoms with Crippen LogP contribution in [0.5, 0.6) is 0 Å². The monoisotopic (exact) mass is 269 g/mol. The third kappa shape index (κ3) is 2.96. The van der Waals surface area contributed by atoms with Crippen LogP contribution in [0.1, 0.15) is 31.4 Å². The van der Waals surface area contributed by atoms with Gasteiger partial charge in [-0.15, -0.1) is 10.2 Å². The summed E-state index contributed by atoms with van der Waals surface area (Å²) in [5, 5.41) is 11.9. The Morgan fingerprint density at radius 3 is 2.70 bits per heavy atom. The maximum atomic E-state index is 5.35. The van der Waals surface area contributed by atoms with Gasteiger partial charge in [0.25, 0.3) is 0 Å². The molecule has 104 valence electrons. The Labute approximate surface area is 119 Å². The fourth-order valence-corrected chi connectivity index (χ4v) is 2.09. The maximum Gasteiger partial charge on any atom is 0.148 e. The molecule has 4 heteroatoms. The largest absolute Gasteiger partial charge is 0.377 e. The predicted molar refractivity (Wildman–Crippen MR) is 79.5 cm³/mol. The number of methoxy groups -OCH3 is 1. The van der Waals surface area contributed by atoms with E-state index in [-0.39, 0.29) is 6.10 Å². The Hall–Kier alpha value is -1.94. The van der Waals surface area contributed by atoms with Gasteiger partial charge in [-0.2, -0.15) is 0 Å². The van der Waals surface area contributed by atoms with Gasteiger partial charge in [-0.1, -0.05) is 18.2 Å². The molecule has 0 saturated heterocycles. The van der Waals surface area contributed by atoms with E-state index in [2.05, 4.69) is 27.6 Å². The zero-order chi connectivity index (χ0) is 13.9. The molecule has 1 aromatic carbocycles. The van der Waals surface area contributed by atoms with Crippen LogP contribution in [-0.4, -0.2) is 23.3 Å². The molecule has 0 amide bonds. The van der Waals surface area contributed by atoms with E-state index in [1.165, 1.54) is 12.8 Å². The normalized spacial score (nSPS) is 15.9. The van der Waals surface area contributed by atoms with Crippen LogP contribution in [0, 0.1) is 0 Å². The molecule has 2 aromatic rings. The lowest BCUT2D eigenvalue weighted by Gasteiger charge is -2.11. The Bertz CT molecular complexity index is 579. The van der Waals surface area contributed by atoms with Gasteiger partial charge in [0, 0.05) is 18.7 Å². The van der Waals surface area contributed by atoms with Gasteiger partial charge >= 0.3 is 0 Å². The van der Waals surface area contributed by atoms with E-state index in [1.54, 1.807) is 7.11 Å². The van der Waals surface area contributed by atoms with Gasteiger partial charge in [-0.3, -0.25) is 0 Å². The molecule has 4 nitrogen and oxygen atoms in total. The number of anilines is 1. The molecular weight excluding hydrogens is 250 g/mol. The highest BCUT2D eigenvalue weighted by atomic mass is 16.5. The van der Waals surface area contributed by atoms with Crippen molar-refractivity contribution in [3.05, 3.63) is 42.0 Å². The second-order valence-electron chi connectivity index (χ2n) is 5.23. The van der Waals surface area contributed by atoms with E-state index in [0.717, 1.165) is 22.6 Å². The number of ether oxygens (including phenoxy) is 1. The van der Waals surface area contributed by atoms with E-state index < -0.39 is 0 Å². The molecule has 1 fully saturated rings. The summed E-state index contributed by atoms with van der Waals surface area (Å²) in [5.74, 6) is 0.859. The fourth-order valence-electron chi connectivity index (χ4n) is 2.09. The molecule has 0 bridgehead atoms. The zero-order valence-corrected chi connectivity index (χ0v) is 11.8. The molecule has 1 saturated carbocycles. The van der Waals surface area contributed by atoms with Crippen molar-refractivity contribution >= 4 is 5.82 Å². The number of rotatable bonds is 5. The molecule has 0 radical (unpaired) electrons. The minimum Gasteiger partial charge on any atom is -0.377 e. The molecule has 20 heavy (non-hydrogen) atoms. The summed E-state index contributed by atoms with van der Waals surface area (Å²) in [6.45, 7) is 2.04. The smallest absolute Gasteiger partial charge is 0.148 e. The molecular formula is C16H19N3O. The topological polar surface area (TPSA) is 47.0 Å². The second-order valence-corrected chi connectivity index (χ2v) is 5.23. The van der Waals surface area contributed by atoms with E-state index in [1.807, 2.05) is 31.2 Å². The Balaban J connectivity index is 1.80. The maximum absolute atomic E-state index is 5.35. The molecule has 1 atom stereocenters. The van der Waals surface area contributed by atoms with Crippen molar-refractivity contribution in [1.29, 1.82) is 0 Å². The van der Waals surface area contributed by atoms with Crippen LogP contribution in [0.15, 0.2) is 36.4 Å². The van der Waals surface area contributed by atoms with Gasteiger partial charge < -0.3 is 10.1 Å². The molecule has 0 spiro atoms. The van der Waals surface area contributed by atoms with Crippen LogP contribution in [-0.2, 0) is 4.74 Å². The molecule has 3 rings (SSSR count). The van der Waals surface area contributed by atoms with Crippen LogP contribution in [0.25, 0.3) is 11.3 Å². The van der Waals surface area contributed by atoms with Gasteiger partial charge in [0.15, 0.2) is 0 Å². The van der Waals surface area contributed by atoms with Crippen molar-refractivity contribution in [2.75, 3.05) is 12.4 Å². The third-order valence-electron chi connectivity index (χ3n) is 3.60. The first-order chi connectivity index (χ1) is 9.76. The highest BCUT2D eigenvalue weighted by molar-refractivity contribution is 5.60. The van der Waals surface area contributed by atoms with E-state index in [4.69, 9.17) is 4.74 Å². The Morgan fingerprint density at radius 2 is 2.05 bits per heavy atom. The molecule has 1 heterocycles. The Kier molecular flexibility index (Phi) is 3.65. The summed E-state index contributed by atoms with van der Waals surface area (Å²) in [6.07, 6.45) is 2.56. The number of hydrogen-bond donors (Lipinski definition) is 1. The van der Waals surface area contributed by atoms with Crippen molar-refractivity contribution < 1.29 is 4.74 Å². The third-order valence-corrected chi connectivity index (χ3v) is 3.60. The number of nitrogens with one attached hydrogen (secondary N) is 1. The summed E-state index contributed by atoms with van der Waals surface area (Å²) >= 11 is 0. The number of nitrogens with zero attached hydrogens (tertiary/aromatic N) is 2. The van der Waals surface area contributed by atoms with Crippen molar-refractivity contribution in [3.63, 3.8) is 0 Å². The first-order valence-corrected chi connectivity index (χ1v) is 6.99. The lowest BCUT2D eigenvalue weighted by Crippen LogP contribution is -2.04. The SMILES string of the molecule is CO[C@@H](C)c1cccc(-c2ccc(NC3CC3)nn2)c1. The van der Waals surface area contributed by atoms with Crippen molar-refractivity contribution in [2.45, 2.75) is 31.9 Å². The van der Waals surface area contributed by atoms with Gasteiger partial charge in [0.05, 0.1) is 11.8 Å². The highest BCUT2D eigenvalue weighted by Crippen LogP contribution is 2.25. The van der Waals surface area contributed by atoms with E-state index in [9.17, 15) is 0 Å². The molecule has 1 aliphatic rings. The fraction of sp³-hybridized carbons (Fsp3) is 0.375. The first kappa shape index (κ1) is 13.1. The average molecular weight is 269 g/mol. The Morgan fingerprint density at radius 1 is 1.20 bits per heavy atom. The molecule has 0 unspecified atom stereocenters. The van der Waals surface area contributed by atoms with Crippen molar-refractivity contribution in [2.24, 2.45) is 0 Å². The summed E-state index contributed by atoms with van der Waals surface area (Å²) in [4.78, 5) is 0.